The van der Waals surface area contributed by atoms with Crippen molar-refractivity contribution in [3.63, 3.8) is 0 Å². The Morgan fingerprint density at radius 3 is 2.39 bits per heavy atom. The van der Waals surface area contributed by atoms with Crippen molar-refractivity contribution in [1.29, 1.82) is 0 Å². The Kier molecular flexibility index (Phi) is 6.68. The van der Waals surface area contributed by atoms with Gasteiger partial charge in [0, 0.05) is 42.3 Å². The van der Waals surface area contributed by atoms with Crippen LogP contribution < -0.4 is 22.1 Å². The summed E-state index contributed by atoms with van der Waals surface area (Å²) in [5, 5.41) is 14.0. The van der Waals surface area contributed by atoms with Crippen LogP contribution in [-0.4, -0.2) is 76.2 Å². The van der Waals surface area contributed by atoms with Crippen LogP contribution in [-0.2, 0) is 0 Å². The summed E-state index contributed by atoms with van der Waals surface area (Å²) < 4.78 is 0. The molecule has 5 amide bonds. The predicted octanol–water partition coefficient (Wildman–Crippen LogP) is 1.57. The number of primary amides is 2. The fraction of sp³-hybridized carbons (Fsp3) is 0.545. The molecular weight excluding hydrogens is 424 g/mol. The van der Waals surface area contributed by atoms with Crippen LogP contribution in [0.15, 0.2) is 18.2 Å². The van der Waals surface area contributed by atoms with E-state index in [0.29, 0.717) is 17.4 Å². The molecule has 1 aromatic carbocycles. The molecule has 0 spiro atoms. The van der Waals surface area contributed by atoms with Crippen molar-refractivity contribution < 1.29 is 14.4 Å². The molecule has 11 nitrogen and oxygen atoms in total. The topological polar surface area (TPSA) is 162 Å². The van der Waals surface area contributed by atoms with E-state index in [0.717, 1.165) is 49.7 Å². The van der Waals surface area contributed by atoms with E-state index in [1.54, 1.807) is 0 Å². The summed E-state index contributed by atoms with van der Waals surface area (Å²) >= 11 is 0. The summed E-state index contributed by atoms with van der Waals surface area (Å²) in [5.74, 6) is -0.0217. The average molecular weight is 457 g/mol. The third-order valence-corrected chi connectivity index (χ3v) is 6.78. The number of urea groups is 2. The molecule has 11 heteroatoms. The van der Waals surface area contributed by atoms with Gasteiger partial charge in [0.1, 0.15) is 0 Å². The van der Waals surface area contributed by atoms with Gasteiger partial charge in [-0.2, -0.15) is 5.10 Å². The Morgan fingerprint density at radius 1 is 1.06 bits per heavy atom. The van der Waals surface area contributed by atoms with E-state index in [2.05, 4.69) is 44.2 Å². The maximum Gasteiger partial charge on any atom is 0.319 e. The number of piperazine rings is 1. The van der Waals surface area contributed by atoms with Gasteiger partial charge in [-0.3, -0.25) is 14.8 Å². The number of nitrogens with two attached hydrogens (primary N) is 2. The van der Waals surface area contributed by atoms with Crippen molar-refractivity contribution >= 4 is 34.6 Å². The molecule has 4 fully saturated rings. The number of rotatable bonds is 3. The second kappa shape index (κ2) is 9.65. The standard InChI is InChI=1S/C21H28N6O2.CH4N2O/c1-26-11-16-8-7-15(26)12-27(16)20(28)19-17-10-14(6-9-18(17)24-25-19)23-21(29)22-13-4-2-3-5-13;2-1(3)4/h6,9-10,13,15-16H,2-5,7-8,11-12H2,1H3,(H,24,25)(H2,22,23,29);(H4,2,3,4). The number of hydrogen-bond donors (Lipinski definition) is 5. The number of H-pyrrole nitrogens is 1. The van der Waals surface area contributed by atoms with Crippen molar-refractivity contribution in [3.8, 4) is 0 Å². The lowest BCUT2D eigenvalue weighted by Gasteiger charge is -2.50. The molecule has 2 unspecified atom stereocenters. The molecule has 7 N–H and O–H groups in total. The first-order valence-electron chi connectivity index (χ1n) is 11.4. The molecule has 6 rings (SSSR count). The van der Waals surface area contributed by atoms with Crippen molar-refractivity contribution in [2.24, 2.45) is 11.5 Å². The van der Waals surface area contributed by atoms with Crippen LogP contribution in [0.2, 0.25) is 0 Å². The Hall–Kier alpha value is -3.34. The van der Waals surface area contributed by atoms with Gasteiger partial charge in [-0.25, -0.2) is 9.59 Å². The maximum absolute atomic E-state index is 13.3. The number of hydrogen-bond acceptors (Lipinski definition) is 5. The molecule has 4 heterocycles. The number of benzene rings is 1. The number of likely N-dealkylation sites (N-methyl/N-ethyl adjacent to an activating group) is 1. The van der Waals surface area contributed by atoms with Crippen LogP contribution in [0, 0.1) is 0 Å². The van der Waals surface area contributed by atoms with Crippen molar-refractivity contribution in [2.75, 3.05) is 25.5 Å². The first-order chi connectivity index (χ1) is 15.8. The quantitative estimate of drug-likeness (QED) is 0.473. The van der Waals surface area contributed by atoms with Gasteiger partial charge in [0.2, 0.25) is 0 Å². The van der Waals surface area contributed by atoms with E-state index in [4.69, 9.17) is 4.79 Å². The van der Waals surface area contributed by atoms with Gasteiger partial charge in [0.15, 0.2) is 5.69 Å². The van der Waals surface area contributed by atoms with Crippen LogP contribution in [0.25, 0.3) is 10.9 Å². The molecule has 0 radical (unpaired) electrons. The SMILES string of the molecule is CN1CC2CCC1CN2C(=O)c1n[nH]c2ccc(NC(=O)NC3CCCC3)cc12.NC(N)=O. The number of nitrogens with one attached hydrogen (secondary N) is 3. The Balaban J connectivity index is 0.000000601. The molecule has 2 bridgehead atoms. The van der Waals surface area contributed by atoms with Crippen LogP contribution in [0.1, 0.15) is 49.0 Å². The smallest absolute Gasteiger partial charge is 0.319 e. The number of carbonyl (C=O) groups excluding carboxylic acids is 3. The molecule has 33 heavy (non-hydrogen) atoms. The number of piperidine rings is 2. The zero-order valence-corrected chi connectivity index (χ0v) is 18.8. The summed E-state index contributed by atoms with van der Waals surface area (Å²) in [4.78, 5) is 38.9. The van der Waals surface area contributed by atoms with Gasteiger partial charge in [-0.1, -0.05) is 12.8 Å². The highest BCUT2D eigenvalue weighted by Crippen LogP contribution is 2.30. The minimum absolute atomic E-state index is 0.0217. The van der Waals surface area contributed by atoms with Crippen LogP contribution in [0.4, 0.5) is 15.3 Å². The van der Waals surface area contributed by atoms with E-state index >= 15 is 0 Å². The molecule has 2 aromatic rings. The van der Waals surface area contributed by atoms with E-state index < -0.39 is 6.03 Å². The van der Waals surface area contributed by atoms with E-state index in [1.165, 1.54) is 12.8 Å². The molecule has 1 saturated carbocycles. The van der Waals surface area contributed by atoms with Gasteiger partial charge in [0.25, 0.3) is 5.91 Å². The second-order valence-electron chi connectivity index (χ2n) is 9.10. The number of aromatic amines is 1. The number of nitrogens with zero attached hydrogens (tertiary/aromatic N) is 3. The first-order valence-corrected chi connectivity index (χ1v) is 11.4. The van der Waals surface area contributed by atoms with Crippen LogP contribution in [0.3, 0.4) is 0 Å². The Labute approximate surface area is 192 Å². The number of fused-ring (bicyclic) bond motifs is 4. The molecule has 1 aromatic heterocycles. The maximum atomic E-state index is 13.3. The van der Waals surface area contributed by atoms with Crippen LogP contribution >= 0.6 is 0 Å². The minimum Gasteiger partial charge on any atom is -0.352 e. The number of aromatic nitrogens is 2. The highest BCUT2D eigenvalue weighted by Gasteiger charge is 2.40. The van der Waals surface area contributed by atoms with Crippen molar-refractivity contribution in [2.45, 2.75) is 56.7 Å². The van der Waals surface area contributed by atoms with Crippen LogP contribution in [0.5, 0.6) is 0 Å². The van der Waals surface area contributed by atoms with Gasteiger partial charge in [-0.15, -0.1) is 0 Å². The van der Waals surface area contributed by atoms with Gasteiger partial charge >= 0.3 is 12.1 Å². The second-order valence-corrected chi connectivity index (χ2v) is 9.10. The fourth-order valence-corrected chi connectivity index (χ4v) is 5.10. The van der Waals surface area contributed by atoms with Crippen molar-refractivity contribution in [1.82, 2.24) is 25.3 Å². The summed E-state index contributed by atoms with van der Waals surface area (Å²) in [6, 6.07) is 5.46. The molecular formula is C22H32N8O3. The number of amides is 5. The number of carbonyl (C=O) groups is 3. The number of anilines is 1. The van der Waals surface area contributed by atoms with Gasteiger partial charge in [-0.05, 0) is 50.9 Å². The molecule has 1 aliphatic carbocycles. The highest BCUT2D eigenvalue weighted by molar-refractivity contribution is 6.06. The third kappa shape index (κ3) is 5.19. The average Bonchev–Trinajstić information content (AvgIpc) is 3.42. The highest BCUT2D eigenvalue weighted by atomic mass is 16.2. The van der Waals surface area contributed by atoms with E-state index in [-0.39, 0.29) is 24.0 Å². The van der Waals surface area contributed by atoms with Gasteiger partial charge in [0.05, 0.1) is 5.52 Å². The molecule has 3 aliphatic heterocycles. The zero-order chi connectivity index (χ0) is 23.5. The molecule has 178 valence electrons. The monoisotopic (exact) mass is 456 g/mol. The Bertz CT molecular complexity index is 1030. The van der Waals surface area contributed by atoms with Crippen molar-refractivity contribution in [3.05, 3.63) is 23.9 Å². The lowest BCUT2D eigenvalue weighted by Crippen LogP contribution is -2.62. The normalized spacial score (nSPS) is 22.6. The lowest BCUT2D eigenvalue weighted by atomic mass is 9.91. The molecule has 3 saturated heterocycles. The summed E-state index contributed by atoms with van der Waals surface area (Å²) in [6.45, 7) is 1.68. The predicted molar refractivity (Wildman–Crippen MR) is 125 cm³/mol. The lowest BCUT2D eigenvalue weighted by molar-refractivity contribution is -0.000329. The van der Waals surface area contributed by atoms with E-state index in [1.807, 2.05) is 23.1 Å². The molecule has 2 atom stereocenters. The third-order valence-electron chi connectivity index (χ3n) is 6.78. The largest absolute Gasteiger partial charge is 0.352 e. The minimum atomic E-state index is -0.833. The summed E-state index contributed by atoms with van der Waals surface area (Å²) in [5.41, 5.74) is 10.4. The summed E-state index contributed by atoms with van der Waals surface area (Å²) in [6.07, 6.45) is 6.63. The summed E-state index contributed by atoms with van der Waals surface area (Å²) in [7, 11) is 2.14. The van der Waals surface area contributed by atoms with E-state index in [9.17, 15) is 9.59 Å². The molecule has 4 aliphatic rings. The zero-order valence-electron chi connectivity index (χ0n) is 18.8. The Morgan fingerprint density at radius 2 is 1.76 bits per heavy atom. The first kappa shape index (κ1) is 22.8. The van der Waals surface area contributed by atoms with Gasteiger partial charge < -0.3 is 27.0 Å². The fourth-order valence-electron chi connectivity index (χ4n) is 5.10.